The fourth-order valence-electron chi connectivity index (χ4n) is 1.34. The Kier molecular flexibility index (Phi) is 4.23. The van der Waals surface area contributed by atoms with E-state index < -0.39 is 5.82 Å². The maximum absolute atomic E-state index is 13.1. The Labute approximate surface area is 101 Å². The van der Waals surface area contributed by atoms with Gasteiger partial charge in [-0.25, -0.2) is 4.39 Å². The molecular formula is C13H18FNO2. The minimum atomic E-state index is -0.440. The van der Waals surface area contributed by atoms with Gasteiger partial charge < -0.3 is 10.1 Å². The van der Waals surface area contributed by atoms with Gasteiger partial charge in [0.25, 0.3) is 0 Å². The van der Waals surface area contributed by atoms with Crippen LogP contribution in [0.4, 0.5) is 4.39 Å². The van der Waals surface area contributed by atoms with Crippen LogP contribution in [0.3, 0.4) is 0 Å². The van der Waals surface area contributed by atoms with Crippen molar-refractivity contribution in [3.63, 3.8) is 0 Å². The van der Waals surface area contributed by atoms with Crippen molar-refractivity contribution >= 4 is 5.78 Å². The van der Waals surface area contributed by atoms with Crippen LogP contribution in [0.5, 0.6) is 5.75 Å². The lowest BCUT2D eigenvalue weighted by atomic mass is 10.1. The predicted molar refractivity (Wildman–Crippen MR) is 65.0 cm³/mol. The highest BCUT2D eigenvalue weighted by Crippen LogP contribution is 2.19. The Morgan fingerprint density at radius 1 is 1.41 bits per heavy atom. The fourth-order valence-corrected chi connectivity index (χ4v) is 1.34. The lowest BCUT2D eigenvalue weighted by Gasteiger charge is -2.20. The Hall–Kier alpha value is -1.42. The molecule has 1 aromatic rings. The van der Waals surface area contributed by atoms with Gasteiger partial charge in [0.05, 0.1) is 19.2 Å². The molecule has 1 N–H and O–H groups in total. The third-order valence-electron chi connectivity index (χ3n) is 2.24. The Morgan fingerprint density at radius 3 is 2.59 bits per heavy atom. The molecule has 0 atom stereocenters. The number of halogens is 1. The van der Waals surface area contributed by atoms with Gasteiger partial charge in [0.1, 0.15) is 11.6 Å². The summed E-state index contributed by atoms with van der Waals surface area (Å²) in [7, 11) is 1.46. The van der Waals surface area contributed by atoms with Crippen LogP contribution >= 0.6 is 0 Å². The molecule has 0 aliphatic carbocycles. The number of nitrogens with one attached hydrogen (secondary N) is 1. The van der Waals surface area contributed by atoms with Gasteiger partial charge in [-0.2, -0.15) is 0 Å². The van der Waals surface area contributed by atoms with E-state index in [4.69, 9.17) is 4.74 Å². The molecule has 94 valence electrons. The highest BCUT2D eigenvalue weighted by atomic mass is 19.1. The minimum Gasteiger partial charge on any atom is -0.496 e. The van der Waals surface area contributed by atoms with E-state index in [1.165, 1.54) is 25.3 Å². The number of hydrogen-bond donors (Lipinski definition) is 1. The topological polar surface area (TPSA) is 38.3 Å². The van der Waals surface area contributed by atoms with E-state index in [2.05, 4.69) is 5.32 Å². The lowest BCUT2D eigenvalue weighted by Crippen LogP contribution is -2.39. The summed E-state index contributed by atoms with van der Waals surface area (Å²) in [5.74, 6) is -0.228. The van der Waals surface area contributed by atoms with Crippen LogP contribution in [0.15, 0.2) is 18.2 Å². The minimum absolute atomic E-state index is 0.156. The van der Waals surface area contributed by atoms with Crippen LogP contribution in [0, 0.1) is 5.82 Å². The molecule has 0 aromatic heterocycles. The first-order valence-electron chi connectivity index (χ1n) is 5.45. The summed E-state index contributed by atoms with van der Waals surface area (Å²) in [5, 5.41) is 3.06. The molecule has 1 rings (SSSR count). The average Bonchev–Trinajstić information content (AvgIpc) is 2.25. The smallest absolute Gasteiger partial charge is 0.180 e. The van der Waals surface area contributed by atoms with Crippen LogP contribution in [0.25, 0.3) is 0 Å². The molecule has 4 heteroatoms. The van der Waals surface area contributed by atoms with Crippen LogP contribution in [0.2, 0.25) is 0 Å². The lowest BCUT2D eigenvalue weighted by molar-refractivity contribution is 0.0978. The van der Waals surface area contributed by atoms with Gasteiger partial charge in [-0.3, -0.25) is 4.79 Å². The second-order valence-corrected chi connectivity index (χ2v) is 4.87. The second kappa shape index (κ2) is 5.27. The average molecular weight is 239 g/mol. The quantitative estimate of drug-likeness (QED) is 0.820. The van der Waals surface area contributed by atoms with E-state index in [9.17, 15) is 9.18 Å². The first-order chi connectivity index (χ1) is 7.83. The van der Waals surface area contributed by atoms with E-state index in [1.807, 2.05) is 20.8 Å². The summed E-state index contributed by atoms with van der Waals surface area (Å²) in [4.78, 5) is 11.9. The van der Waals surface area contributed by atoms with E-state index in [0.717, 1.165) is 0 Å². The summed E-state index contributed by atoms with van der Waals surface area (Å²) >= 11 is 0. The fraction of sp³-hybridized carbons (Fsp3) is 0.462. The zero-order valence-electron chi connectivity index (χ0n) is 10.6. The van der Waals surface area contributed by atoms with Crippen molar-refractivity contribution in [3.05, 3.63) is 29.6 Å². The maximum Gasteiger partial charge on any atom is 0.180 e. The third-order valence-corrected chi connectivity index (χ3v) is 2.24. The number of Topliss-reactive ketones (excluding diaryl/α,β-unsaturated/α-hetero) is 1. The van der Waals surface area contributed by atoms with Crippen molar-refractivity contribution in [2.24, 2.45) is 0 Å². The third kappa shape index (κ3) is 4.15. The largest absolute Gasteiger partial charge is 0.496 e. The molecule has 0 saturated heterocycles. The molecule has 0 amide bonds. The SMILES string of the molecule is COc1ccc(F)cc1C(=O)CNC(C)(C)C. The van der Waals surface area contributed by atoms with E-state index >= 15 is 0 Å². The molecule has 0 unspecified atom stereocenters. The number of carbonyl (C=O) groups is 1. The van der Waals surface area contributed by atoms with Gasteiger partial charge in [0.15, 0.2) is 5.78 Å². The number of rotatable bonds is 4. The molecule has 1 aromatic carbocycles. The van der Waals surface area contributed by atoms with Crippen LogP contribution in [-0.4, -0.2) is 25.0 Å². The number of ether oxygens (including phenoxy) is 1. The molecule has 0 bridgehead atoms. The molecule has 3 nitrogen and oxygen atoms in total. The molecule has 0 fully saturated rings. The normalized spacial score (nSPS) is 11.4. The Balaban J connectivity index is 2.84. The second-order valence-electron chi connectivity index (χ2n) is 4.87. The summed E-state index contributed by atoms with van der Waals surface area (Å²) in [6.45, 7) is 6.04. The molecule has 0 saturated carbocycles. The highest BCUT2D eigenvalue weighted by Gasteiger charge is 2.16. The standard InChI is InChI=1S/C13H18FNO2/c1-13(2,3)15-8-11(16)10-7-9(14)5-6-12(10)17-4/h5-7,15H,8H2,1-4H3. The van der Waals surface area contributed by atoms with Crippen molar-refractivity contribution in [1.82, 2.24) is 5.32 Å². The molecular weight excluding hydrogens is 221 g/mol. The first kappa shape index (κ1) is 13.6. The summed E-state index contributed by atoms with van der Waals surface area (Å²) < 4.78 is 18.1. The van der Waals surface area contributed by atoms with Crippen LogP contribution < -0.4 is 10.1 Å². The molecule has 0 radical (unpaired) electrons. The number of ketones is 1. The predicted octanol–water partition coefficient (Wildman–Crippen LogP) is 2.41. The first-order valence-corrected chi connectivity index (χ1v) is 5.45. The number of benzene rings is 1. The molecule has 17 heavy (non-hydrogen) atoms. The zero-order chi connectivity index (χ0) is 13.1. The molecule has 0 spiro atoms. The Morgan fingerprint density at radius 2 is 2.06 bits per heavy atom. The van der Waals surface area contributed by atoms with Gasteiger partial charge in [-0.1, -0.05) is 0 Å². The van der Waals surface area contributed by atoms with Crippen molar-refractivity contribution < 1.29 is 13.9 Å². The van der Waals surface area contributed by atoms with Crippen LogP contribution in [-0.2, 0) is 0 Å². The summed E-state index contributed by atoms with van der Waals surface area (Å²) in [6.07, 6.45) is 0. The van der Waals surface area contributed by atoms with E-state index in [-0.39, 0.29) is 23.4 Å². The Bertz CT molecular complexity index is 410. The molecule has 0 aliphatic rings. The van der Waals surface area contributed by atoms with E-state index in [0.29, 0.717) is 5.75 Å². The van der Waals surface area contributed by atoms with Crippen molar-refractivity contribution in [3.8, 4) is 5.75 Å². The van der Waals surface area contributed by atoms with Gasteiger partial charge >= 0.3 is 0 Å². The highest BCUT2D eigenvalue weighted by molar-refractivity contribution is 6.00. The van der Waals surface area contributed by atoms with Crippen molar-refractivity contribution in [2.75, 3.05) is 13.7 Å². The van der Waals surface area contributed by atoms with Crippen molar-refractivity contribution in [2.45, 2.75) is 26.3 Å². The molecule has 0 aliphatic heterocycles. The van der Waals surface area contributed by atoms with E-state index in [1.54, 1.807) is 0 Å². The summed E-state index contributed by atoms with van der Waals surface area (Å²) in [5.41, 5.74) is 0.111. The summed E-state index contributed by atoms with van der Waals surface area (Å²) in [6, 6.07) is 3.93. The van der Waals surface area contributed by atoms with Gasteiger partial charge in [-0.15, -0.1) is 0 Å². The number of hydrogen-bond acceptors (Lipinski definition) is 3. The van der Waals surface area contributed by atoms with Gasteiger partial charge in [0, 0.05) is 5.54 Å². The molecule has 0 heterocycles. The maximum atomic E-state index is 13.1. The zero-order valence-corrected chi connectivity index (χ0v) is 10.6. The number of methoxy groups -OCH3 is 1. The monoisotopic (exact) mass is 239 g/mol. The van der Waals surface area contributed by atoms with Gasteiger partial charge in [-0.05, 0) is 39.0 Å². The number of carbonyl (C=O) groups excluding carboxylic acids is 1. The van der Waals surface area contributed by atoms with Gasteiger partial charge in [0.2, 0.25) is 0 Å². The van der Waals surface area contributed by atoms with Crippen LogP contribution in [0.1, 0.15) is 31.1 Å². The van der Waals surface area contributed by atoms with Crippen molar-refractivity contribution in [1.29, 1.82) is 0 Å².